The first kappa shape index (κ1) is 49.3. The molecule has 1 amide bonds. The highest BCUT2D eigenvalue weighted by atomic mass is 33.1. The zero-order valence-electron chi connectivity index (χ0n) is 36.3. The van der Waals surface area contributed by atoms with E-state index in [1.54, 1.807) is 27.7 Å². The summed E-state index contributed by atoms with van der Waals surface area (Å²) in [5.74, 6) is 0.187. The molecular weight excluding hydrogens is 821 g/mol. The minimum absolute atomic E-state index is 0.0983. The van der Waals surface area contributed by atoms with E-state index in [4.69, 9.17) is 23.4 Å². The first-order valence-corrected chi connectivity index (χ1v) is 23.1. The molecule has 0 atom stereocenters. The predicted octanol–water partition coefficient (Wildman–Crippen LogP) is 8.20. The summed E-state index contributed by atoms with van der Waals surface area (Å²) in [6.07, 6.45) is 1.83. The van der Waals surface area contributed by atoms with E-state index in [1.165, 1.54) is 0 Å². The number of nitrogens with one attached hydrogen (secondary N) is 3. The van der Waals surface area contributed by atoms with Gasteiger partial charge >= 0.3 is 12.1 Å². The lowest BCUT2D eigenvalue weighted by atomic mass is 9.88. The van der Waals surface area contributed by atoms with Crippen molar-refractivity contribution in [3.8, 4) is 22.5 Å². The Morgan fingerprint density at radius 3 is 2.39 bits per heavy atom. The molecule has 0 bridgehead atoms. The van der Waals surface area contributed by atoms with E-state index in [1.807, 2.05) is 58.0 Å². The Hall–Kier alpha value is -4.32. The van der Waals surface area contributed by atoms with Gasteiger partial charge in [-0.1, -0.05) is 27.7 Å². The second-order valence-corrected chi connectivity index (χ2v) is 17.8. The van der Waals surface area contributed by atoms with E-state index in [0.29, 0.717) is 108 Å². The van der Waals surface area contributed by atoms with Gasteiger partial charge in [0.15, 0.2) is 0 Å². The van der Waals surface area contributed by atoms with Crippen molar-refractivity contribution in [1.29, 1.82) is 0 Å². The van der Waals surface area contributed by atoms with Gasteiger partial charge in [-0.25, -0.2) is 9.59 Å². The number of alkyl carbamates (subject to hydrolysis) is 1. The number of nitrogens with zero attached hydrogens (tertiary/aromatic N) is 1. The van der Waals surface area contributed by atoms with E-state index >= 15 is 0 Å². The maximum atomic E-state index is 12.7. The molecule has 0 aromatic heterocycles. The highest BCUT2D eigenvalue weighted by Crippen LogP contribution is 2.43. The lowest BCUT2D eigenvalue weighted by Gasteiger charge is -2.22. The van der Waals surface area contributed by atoms with Crippen molar-refractivity contribution in [2.24, 2.45) is 4.99 Å². The molecule has 0 fully saturated rings. The van der Waals surface area contributed by atoms with E-state index in [2.05, 4.69) is 45.6 Å². The van der Waals surface area contributed by atoms with Crippen molar-refractivity contribution in [2.75, 3.05) is 83.7 Å². The monoisotopic (exact) mass is 882 g/mol. The Kier molecular flexibility index (Phi) is 21.2. The number of hydrogen-bond donors (Lipinski definition) is 4. The Morgan fingerprint density at radius 2 is 1.66 bits per heavy atom. The van der Waals surface area contributed by atoms with Gasteiger partial charge in [-0.3, -0.25) is 9.79 Å². The molecule has 14 nitrogen and oxygen atoms in total. The van der Waals surface area contributed by atoms with Crippen LogP contribution >= 0.6 is 21.6 Å². The van der Waals surface area contributed by atoms with Crippen molar-refractivity contribution in [3.63, 3.8) is 0 Å². The molecule has 2 aromatic rings. The van der Waals surface area contributed by atoms with Crippen molar-refractivity contribution in [1.82, 2.24) is 10.6 Å². The van der Waals surface area contributed by atoms with Crippen LogP contribution in [0.4, 0.5) is 10.5 Å². The van der Waals surface area contributed by atoms with Gasteiger partial charge in [-0.2, -0.15) is 0 Å². The first-order chi connectivity index (χ1) is 29.5. The topological polar surface area (TPSA) is 179 Å². The van der Waals surface area contributed by atoms with Gasteiger partial charge in [0.1, 0.15) is 17.3 Å². The maximum Gasteiger partial charge on any atom is 0.407 e. The lowest BCUT2D eigenvalue weighted by Crippen LogP contribution is -2.29. The second-order valence-electron chi connectivity index (χ2n) is 14.8. The van der Waals surface area contributed by atoms with E-state index in [9.17, 15) is 19.5 Å². The molecule has 1 aliphatic carbocycles. The second kappa shape index (κ2) is 26.2. The van der Waals surface area contributed by atoms with Crippen LogP contribution in [0.25, 0.3) is 33.4 Å². The van der Waals surface area contributed by atoms with Crippen LogP contribution in [0.15, 0.2) is 51.9 Å². The Balaban J connectivity index is 1.19. The normalized spacial score (nSPS) is 11.9. The SMILES string of the molecule is CCN=c1cc2oc3cc(NCC)c(C)cc3c(-c3cc(CNCCOCCOCCNC(=O)OCCC(C)(C)SSCOCCCCOC=O)ccc3C(=O)O)c-2cc1C. The van der Waals surface area contributed by atoms with Gasteiger partial charge in [0.25, 0.3) is 6.47 Å². The van der Waals surface area contributed by atoms with Crippen LogP contribution in [0.3, 0.4) is 0 Å². The fraction of sp³-hybridized carbons (Fsp3) is 0.511. The number of carbonyl (C=O) groups is 3. The molecule has 0 saturated carbocycles. The van der Waals surface area contributed by atoms with E-state index < -0.39 is 12.1 Å². The summed E-state index contributed by atoms with van der Waals surface area (Å²) in [6.45, 7) is 18.4. The molecule has 334 valence electrons. The minimum atomic E-state index is -1.01. The number of hydrogen-bond acceptors (Lipinski definition) is 14. The number of rotatable bonds is 29. The largest absolute Gasteiger partial charge is 0.478 e. The summed E-state index contributed by atoms with van der Waals surface area (Å²) in [5, 5.41) is 21.6. The highest BCUT2D eigenvalue weighted by molar-refractivity contribution is 8.77. The molecule has 2 aliphatic rings. The quantitative estimate of drug-likeness (QED) is 0.0135. The minimum Gasteiger partial charge on any atom is -0.478 e. The van der Waals surface area contributed by atoms with Crippen LogP contribution in [0.1, 0.15) is 74.0 Å². The molecule has 4 N–H and O–H groups in total. The molecule has 61 heavy (non-hydrogen) atoms. The number of amides is 1. The average Bonchev–Trinajstić information content (AvgIpc) is 3.22. The Bertz CT molecular complexity index is 2060. The summed E-state index contributed by atoms with van der Waals surface area (Å²) in [6, 6.07) is 13.5. The molecule has 1 aliphatic heterocycles. The summed E-state index contributed by atoms with van der Waals surface area (Å²) in [7, 11) is 3.31. The van der Waals surface area contributed by atoms with Crippen molar-refractivity contribution >= 4 is 56.8 Å². The predicted molar refractivity (Wildman–Crippen MR) is 244 cm³/mol. The van der Waals surface area contributed by atoms with Crippen LogP contribution in [0, 0.1) is 13.8 Å². The first-order valence-electron chi connectivity index (χ1n) is 20.8. The number of unbranched alkanes of at least 4 members (excludes halogenated alkanes) is 1. The summed E-state index contributed by atoms with van der Waals surface area (Å²) in [4.78, 5) is 39.6. The average molecular weight is 883 g/mol. The summed E-state index contributed by atoms with van der Waals surface area (Å²) >= 11 is 0. The third-order valence-corrected chi connectivity index (χ3v) is 12.6. The van der Waals surface area contributed by atoms with Gasteiger partial charge < -0.3 is 49.2 Å². The van der Waals surface area contributed by atoms with Crippen LogP contribution < -0.4 is 21.3 Å². The molecule has 0 unspecified atom stereocenters. The van der Waals surface area contributed by atoms with Crippen molar-refractivity contribution < 1.29 is 47.6 Å². The molecule has 4 rings (SSSR count). The Morgan fingerprint density at radius 1 is 0.885 bits per heavy atom. The Labute approximate surface area is 367 Å². The van der Waals surface area contributed by atoms with Crippen LogP contribution in [0.2, 0.25) is 0 Å². The third kappa shape index (κ3) is 16.1. The number of benzene rings is 3. The number of aromatic carboxylic acids is 1. The highest BCUT2D eigenvalue weighted by Gasteiger charge is 2.24. The molecule has 2 aromatic carbocycles. The van der Waals surface area contributed by atoms with Crippen LogP contribution in [-0.2, 0) is 35.0 Å². The molecule has 16 heteroatoms. The number of fused-ring (bicyclic) bond motifs is 2. The van der Waals surface area contributed by atoms with Gasteiger partial charge in [0.05, 0.1) is 50.6 Å². The molecular formula is C45H62N4O10S2. The third-order valence-electron chi connectivity index (χ3n) is 9.52. The van der Waals surface area contributed by atoms with Crippen LogP contribution in [0.5, 0.6) is 0 Å². The number of ether oxygens (including phenoxy) is 5. The van der Waals surface area contributed by atoms with Crippen molar-refractivity contribution in [2.45, 2.75) is 72.1 Å². The summed E-state index contributed by atoms with van der Waals surface area (Å²) in [5.41, 5.74) is 7.02. The fourth-order valence-corrected chi connectivity index (χ4v) is 8.69. The van der Waals surface area contributed by atoms with Crippen LogP contribution in [-0.4, -0.2) is 107 Å². The van der Waals surface area contributed by atoms with Gasteiger partial charge in [-0.05, 0) is 107 Å². The maximum absolute atomic E-state index is 12.7. The van der Waals surface area contributed by atoms with Gasteiger partial charge in [-0.15, -0.1) is 0 Å². The standard InChI is InChI=1S/C45H62N4O10S2/c1-7-47-38-26-40-36(23-31(38)3)42(37-24-32(4)39(48-8-2)27-41(37)59-40)35-25-33(11-12-34(35)43(51)52)28-46-14-19-54-21-22-55-20-15-49-44(53)58-18-13-45(5,6)61-60-30-57-17-10-9-16-56-29-50/h11-12,23-27,29,46-47H,7-10,13-22,28,30H2,1-6H3,(H,49,53)(H,51,52). The number of carboxylic acids is 1. The smallest absolute Gasteiger partial charge is 0.407 e. The van der Waals surface area contributed by atoms with Gasteiger partial charge in [0, 0.05) is 78.4 Å². The zero-order chi connectivity index (χ0) is 44.0. The molecule has 1 heterocycles. The number of aryl methyl sites for hydroxylation is 2. The number of carbonyl (C=O) groups excluding carboxylic acids is 2. The van der Waals surface area contributed by atoms with E-state index in [0.717, 1.165) is 63.6 Å². The molecule has 0 radical (unpaired) electrons. The fourth-order valence-electron chi connectivity index (χ4n) is 6.42. The zero-order valence-corrected chi connectivity index (χ0v) is 38.0. The lowest BCUT2D eigenvalue weighted by molar-refractivity contribution is -0.128. The summed E-state index contributed by atoms with van der Waals surface area (Å²) < 4.78 is 33.3. The molecule has 0 saturated heterocycles. The van der Waals surface area contributed by atoms with E-state index in [-0.39, 0.29) is 10.3 Å². The van der Waals surface area contributed by atoms with Crippen molar-refractivity contribution in [3.05, 3.63) is 70.1 Å². The van der Waals surface area contributed by atoms with Gasteiger partial charge in [0.2, 0.25) is 0 Å². The number of anilines is 1. The number of carboxylic acid groups (broad SMARTS) is 1. The molecule has 0 spiro atoms.